The monoisotopic (exact) mass is 525 g/mol. The summed E-state index contributed by atoms with van der Waals surface area (Å²) in [7, 11) is 1.75. The van der Waals surface area contributed by atoms with Gasteiger partial charge in [-0.15, -0.1) is 11.6 Å². The lowest BCUT2D eigenvalue weighted by Gasteiger charge is -2.36. The van der Waals surface area contributed by atoms with E-state index in [-0.39, 0.29) is 23.1 Å². The van der Waals surface area contributed by atoms with Crippen molar-refractivity contribution in [2.24, 2.45) is 10.9 Å². The number of hydrogen-bond acceptors (Lipinski definition) is 4. The molecule has 0 saturated carbocycles. The first kappa shape index (κ1) is 26.2. The zero-order valence-electron chi connectivity index (χ0n) is 21.0. The number of aliphatic imine (C=N–C) groups is 1. The number of nitrogens with one attached hydrogen (secondary N) is 1. The van der Waals surface area contributed by atoms with Crippen molar-refractivity contribution in [3.8, 4) is 0 Å². The quantitative estimate of drug-likeness (QED) is 0.472. The third-order valence-corrected chi connectivity index (χ3v) is 7.64. The Kier molecular flexibility index (Phi) is 8.32. The number of carbonyl (C=O) groups is 2. The summed E-state index contributed by atoms with van der Waals surface area (Å²) >= 11 is 12.2. The standard InChI is InChI=1S/C27H32ClN5O2S/c1-4-32(5-2)25(34)19-12-9-15-33(17-19)27(36)30-24-26(35)31(3)22-14-13-20(28)16-21(22)23(29-24)18-10-7-6-8-11-18/h7,10-11,13-14,19-20,24H,4-5,9,12,15-17H2,1-3H3,(H,30,36). The van der Waals surface area contributed by atoms with Crippen molar-refractivity contribution < 1.29 is 9.59 Å². The summed E-state index contributed by atoms with van der Waals surface area (Å²) in [6.07, 6.45) is 5.13. The lowest BCUT2D eigenvalue weighted by Crippen LogP contribution is -2.53. The highest BCUT2D eigenvalue weighted by molar-refractivity contribution is 7.80. The van der Waals surface area contributed by atoms with Crippen molar-refractivity contribution in [1.29, 1.82) is 0 Å². The minimum atomic E-state index is -0.909. The van der Waals surface area contributed by atoms with Gasteiger partial charge in [-0.25, -0.2) is 4.99 Å². The molecular weight excluding hydrogens is 494 g/mol. The van der Waals surface area contributed by atoms with Crippen molar-refractivity contribution >= 4 is 46.5 Å². The largest absolute Gasteiger partial charge is 0.348 e. The molecule has 2 heterocycles. The van der Waals surface area contributed by atoms with Gasteiger partial charge in [-0.1, -0.05) is 18.2 Å². The molecule has 0 spiro atoms. The number of rotatable bonds is 5. The van der Waals surface area contributed by atoms with E-state index in [4.69, 9.17) is 28.8 Å². The molecule has 2 aliphatic heterocycles. The number of hydrogen-bond donors (Lipinski definition) is 1. The predicted molar refractivity (Wildman–Crippen MR) is 146 cm³/mol. The molecule has 0 radical (unpaired) electrons. The van der Waals surface area contributed by atoms with Gasteiger partial charge in [0.05, 0.1) is 17.0 Å². The molecule has 1 aliphatic carbocycles. The molecule has 7 nitrogen and oxygen atoms in total. The fraction of sp³-hybridized carbons (Fsp3) is 0.481. The smallest absolute Gasteiger partial charge is 0.272 e. The first-order valence-electron chi connectivity index (χ1n) is 12.5. The van der Waals surface area contributed by atoms with Crippen LogP contribution >= 0.6 is 23.8 Å². The molecule has 36 heavy (non-hydrogen) atoms. The molecule has 1 saturated heterocycles. The molecule has 190 valence electrons. The molecule has 2 amide bonds. The van der Waals surface area contributed by atoms with E-state index in [1.807, 2.05) is 47.9 Å². The number of amides is 2. The van der Waals surface area contributed by atoms with Crippen LogP contribution in [0.15, 0.2) is 46.6 Å². The highest BCUT2D eigenvalue weighted by atomic mass is 35.5. The maximum atomic E-state index is 13.5. The van der Waals surface area contributed by atoms with E-state index in [0.717, 1.165) is 36.2 Å². The Morgan fingerprint density at radius 3 is 2.81 bits per heavy atom. The molecule has 3 atom stereocenters. The molecule has 0 aromatic heterocycles. The van der Waals surface area contributed by atoms with Crippen LogP contribution < -0.4 is 5.32 Å². The minimum Gasteiger partial charge on any atom is -0.348 e. The van der Waals surface area contributed by atoms with E-state index >= 15 is 0 Å². The predicted octanol–water partition coefficient (Wildman–Crippen LogP) is 3.15. The first-order chi connectivity index (χ1) is 17.3. The summed E-state index contributed by atoms with van der Waals surface area (Å²) in [5, 5.41) is 3.44. The van der Waals surface area contributed by atoms with Crippen molar-refractivity contribution in [1.82, 2.24) is 20.0 Å². The number of thiocarbonyl (C=S) groups is 1. The second kappa shape index (κ2) is 11.4. The molecule has 3 unspecified atom stereocenters. The Bertz CT molecular complexity index is 1100. The minimum absolute atomic E-state index is 0.110. The van der Waals surface area contributed by atoms with Crippen LogP contribution in [0.1, 0.15) is 38.7 Å². The van der Waals surface area contributed by atoms with E-state index in [9.17, 15) is 9.59 Å². The summed E-state index contributed by atoms with van der Waals surface area (Å²) < 4.78 is 0. The Labute approximate surface area is 223 Å². The van der Waals surface area contributed by atoms with Gasteiger partial charge in [-0.3, -0.25) is 9.59 Å². The average Bonchev–Trinajstić information content (AvgIpc) is 3.00. The van der Waals surface area contributed by atoms with E-state index in [0.29, 0.717) is 36.9 Å². The van der Waals surface area contributed by atoms with E-state index in [2.05, 4.69) is 17.4 Å². The number of nitrogens with zero attached hydrogens (tertiary/aromatic N) is 4. The van der Waals surface area contributed by atoms with Gasteiger partial charge in [0.1, 0.15) is 0 Å². The third-order valence-electron chi connectivity index (χ3n) is 6.96. The molecule has 9 heteroatoms. The number of likely N-dealkylation sites (tertiary alicyclic amines) is 1. The lowest BCUT2D eigenvalue weighted by molar-refractivity contribution is -0.136. The van der Waals surface area contributed by atoms with Crippen LogP contribution in [0, 0.1) is 18.1 Å². The van der Waals surface area contributed by atoms with Crippen LogP contribution in [-0.4, -0.2) is 82.1 Å². The number of carbonyl (C=O) groups excluding carboxylic acids is 2. The van der Waals surface area contributed by atoms with Crippen LogP contribution in [0.5, 0.6) is 0 Å². The van der Waals surface area contributed by atoms with Gasteiger partial charge in [0.2, 0.25) is 12.1 Å². The average molecular weight is 526 g/mol. The van der Waals surface area contributed by atoms with Crippen LogP contribution in [-0.2, 0) is 9.59 Å². The van der Waals surface area contributed by atoms with Crippen LogP contribution in [0.25, 0.3) is 0 Å². The molecule has 1 aromatic carbocycles. The molecular formula is C27H32ClN5O2S. The number of piperidine rings is 1. The van der Waals surface area contributed by atoms with Gasteiger partial charge in [-0.05, 0) is 69.6 Å². The van der Waals surface area contributed by atoms with Gasteiger partial charge in [0.15, 0.2) is 5.11 Å². The Balaban J connectivity index is 1.59. The normalized spacial score (nSPS) is 23.9. The molecule has 3 aliphatic rings. The number of likely N-dealkylation sites (N-methyl/N-ethyl adjacent to an activating group) is 1. The summed E-state index contributed by atoms with van der Waals surface area (Å²) in [5.74, 6) is -0.160. The summed E-state index contributed by atoms with van der Waals surface area (Å²) in [6.45, 7) is 6.64. The highest BCUT2D eigenvalue weighted by Crippen LogP contribution is 2.31. The van der Waals surface area contributed by atoms with Gasteiger partial charge in [-0.2, -0.15) is 0 Å². The van der Waals surface area contributed by atoms with Crippen molar-refractivity contribution in [3.05, 3.63) is 59.3 Å². The summed E-state index contributed by atoms with van der Waals surface area (Å²) in [4.78, 5) is 36.8. The van der Waals surface area contributed by atoms with Gasteiger partial charge < -0.3 is 20.0 Å². The second-order valence-corrected chi connectivity index (χ2v) is 10.1. The molecule has 0 bridgehead atoms. The third kappa shape index (κ3) is 5.42. The molecule has 1 fully saturated rings. The lowest BCUT2D eigenvalue weighted by atomic mass is 9.93. The zero-order valence-corrected chi connectivity index (χ0v) is 22.5. The number of allylic oxidation sites excluding steroid dienone is 3. The van der Waals surface area contributed by atoms with Crippen molar-refractivity contribution in [2.45, 2.75) is 44.7 Å². The Morgan fingerprint density at radius 2 is 2.11 bits per heavy atom. The van der Waals surface area contributed by atoms with Crippen molar-refractivity contribution in [3.63, 3.8) is 0 Å². The van der Waals surface area contributed by atoms with Crippen LogP contribution in [0.4, 0.5) is 0 Å². The number of alkyl halides is 1. The van der Waals surface area contributed by atoms with E-state index < -0.39 is 6.17 Å². The van der Waals surface area contributed by atoms with E-state index in [1.165, 1.54) is 0 Å². The molecule has 1 N–H and O–H groups in total. The van der Waals surface area contributed by atoms with Crippen LogP contribution in [0.3, 0.4) is 0 Å². The summed E-state index contributed by atoms with van der Waals surface area (Å²) in [5.41, 5.74) is 3.22. The molecule has 1 aromatic rings. The fourth-order valence-corrected chi connectivity index (χ4v) is 5.47. The fourth-order valence-electron chi connectivity index (χ4n) is 4.96. The van der Waals surface area contributed by atoms with Crippen molar-refractivity contribution in [2.75, 3.05) is 33.2 Å². The zero-order chi connectivity index (χ0) is 25.8. The first-order valence-corrected chi connectivity index (χ1v) is 13.3. The van der Waals surface area contributed by atoms with Gasteiger partial charge in [0, 0.05) is 50.1 Å². The maximum absolute atomic E-state index is 13.5. The second-order valence-electron chi connectivity index (χ2n) is 9.19. The number of halogens is 1. The van der Waals surface area contributed by atoms with Gasteiger partial charge in [0.25, 0.3) is 5.91 Å². The molecule has 4 rings (SSSR count). The van der Waals surface area contributed by atoms with Crippen LogP contribution in [0.2, 0.25) is 0 Å². The topological polar surface area (TPSA) is 68.2 Å². The SMILES string of the molecule is CCN(CC)C(=O)C1CCCN(C(=S)NC2N=C(c3cc#ccc3)C3=C(C=CC(Cl)C3)N(C)C2=O)C1. The van der Waals surface area contributed by atoms with E-state index in [1.54, 1.807) is 18.0 Å². The Morgan fingerprint density at radius 1 is 1.33 bits per heavy atom. The highest BCUT2D eigenvalue weighted by Gasteiger charge is 2.35. The maximum Gasteiger partial charge on any atom is 0.272 e. The van der Waals surface area contributed by atoms with Gasteiger partial charge >= 0.3 is 0 Å². The Hall–Kier alpha value is -2.89. The summed E-state index contributed by atoms with van der Waals surface area (Å²) in [6, 6.07) is 11.4.